The SMILES string of the molecule is Cc1coc(C)c1C(=O)NCc1cccnc1. The van der Waals surface area contributed by atoms with E-state index in [-0.39, 0.29) is 5.91 Å². The molecule has 0 radical (unpaired) electrons. The number of amides is 1. The molecule has 2 rings (SSSR count). The number of aromatic nitrogens is 1. The van der Waals surface area contributed by atoms with Crippen molar-refractivity contribution in [3.05, 3.63) is 53.2 Å². The first-order valence-corrected chi connectivity index (χ1v) is 5.40. The van der Waals surface area contributed by atoms with Crippen LogP contribution in [0.1, 0.15) is 27.2 Å². The fourth-order valence-corrected chi connectivity index (χ4v) is 1.68. The van der Waals surface area contributed by atoms with Crippen LogP contribution in [-0.4, -0.2) is 10.9 Å². The van der Waals surface area contributed by atoms with Crippen LogP contribution in [-0.2, 0) is 6.54 Å². The van der Waals surface area contributed by atoms with Crippen molar-refractivity contribution in [1.82, 2.24) is 10.3 Å². The topological polar surface area (TPSA) is 55.1 Å². The summed E-state index contributed by atoms with van der Waals surface area (Å²) in [5, 5.41) is 2.84. The van der Waals surface area contributed by atoms with E-state index >= 15 is 0 Å². The summed E-state index contributed by atoms with van der Waals surface area (Å²) in [4.78, 5) is 15.9. The normalized spacial score (nSPS) is 10.2. The van der Waals surface area contributed by atoms with Crippen molar-refractivity contribution in [2.45, 2.75) is 20.4 Å². The van der Waals surface area contributed by atoms with Gasteiger partial charge in [0.2, 0.25) is 0 Å². The molecule has 0 aliphatic heterocycles. The highest BCUT2D eigenvalue weighted by atomic mass is 16.3. The minimum absolute atomic E-state index is 0.113. The Kier molecular flexibility index (Phi) is 3.23. The first kappa shape index (κ1) is 11.4. The summed E-state index contributed by atoms with van der Waals surface area (Å²) >= 11 is 0. The fraction of sp³-hybridized carbons (Fsp3) is 0.231. The number of carbonyl (C=O) groups is 1. The Morgan fingerprint density at radius 1 is 1.47 bits per heavy atom. The van der Waals surface area contributed by atoms with Gasteiger partial charge in [-0.2, -0.15) is 0 Å². The molecule has 0 saturated heterocycles. The first-order valence-electron chi connectivity index (χ1n) is 5.40. The minimum atomic E-state index is -0.113. The van der Waals surface area contributed by atoms with Crippen molar-refractivity contribution < 1.29 is 9.21 Å². The van der Waals surface area contributed by atoms with Gasteiger partial charge in [0, 0.05) is 24.5 Å². The van der Waals surface area contributed by atoms with Gasteiger partial charge in [-0.1, -0.05) is 6.07 Å². The monoisotopic (exact) mass is 230 g/mol. The highest BCUT2D eigenvalue weighted by molar-refractivity contribution is 5.96. The smallest absolute Gasteiger partial charge is 0.255 e. The van der Waals surface area contributed by atoms with Gasteiger partial charge < -0.3 is 9.73 Å². The Hall–Kier alpha value is -2.10. The average Bonchev–Trinajstić information content (AvgIpc) is 2.67. The summed E-state index contributed by atoms with van der Waals surface area (Å²) < 4.78 is 5.20. The van der Waals surface area contributed by atoms with E-state index < -0.39 is 0 Å². The maximum atomic E-state index is 11.9. The zero-order chi connectivity index (χ0) is 12.3. The second-order valence-electron chi connectivity index (χ2n) is 3.89. The number of nitrogens with zero attached hydrogens (tertiary/aromatic N) is 1. The van der Waals surface area contributed by atoms with Crippen molar-refractivity contribution in [3.63, 3.8) is 0 Å². The molecule has 1 amide bonds. The Morgan fingerprint density at radius 2 is 2.29 bits per heavy atom. The third-order valence-corrected chi connectivity index (χ3v) is 2.56. The molecule has 1 N–H and O–H groups in total. The molecule has 0 aliphatic carbocycles. The molecule has 4 nitrogen and oxygen atoms in total. The van der Waals surface area contributed by atoms with Crippen LogP contribution in [0.2, 0.25) is 0 Å². The van der Waals surface area contributed by atoms with Crippen LogP contribution < -0.4 is 5.32 Å². The molecule has 0 spiro atoms. The van der Waals surface area contributed by atoms with Gasteiger partial charge in [0.25, 0.3) is 5.91 Å². The van der Waals surface area contributed by atoms with Gasteiger partial charge in [-0.25, -0.2) is 0 Å². The van der Waals surface area contributed by atoms with E-state index in [0.29, 0.717) is 17.9 Å². The number of carbonyl (C=O) groups excluding carboxylic acids is 1. The third-order valence-electron chi connectivity index (χ3n) is 2.56. The second kappa shape index (κ2) is 4.82. The van der Waals surface area contributed by atoms with Crippen LogP contribution in [0.25, 0.3) is 0 Å². The average molecular weight is 230 g/mol. The van der Waals surface area contributed by atoms with E-state index in [9.17, 15) is 4.79 Å². The van der Waals surface area contributed by atoms with Gasteiger partial charge >= 0.3 is 0 Å². The predicted octanol–water partition coefficient (Wildman–Crippen LogP) is 2.22. The lowest BCUT2D eigenvalue weighted by Crippen LogP contribution is -2.23. The predicted molar refractivity (Wildman–Crippen MR) is 63.6 cm³/mol. The lowest BCUT2D eigenvalue weighted by Gasteiger charge is -2.04. The summed E-state index contributed by atoms with van der Waals surface area (Å²) in [5.74, 6) is 0.531. The van der Waals surface area contributed by atoms with E-state index in [0.717, 1.165) is 11.1 Å². The molecule has 0 atom stereocenters. The van der Waals surface area contributed by atoms with E-state index in [4.69, 9.17) is 4.42 Å². The molecule has 2 aromatic rings. The van der Waals surface area contributed by atoms with Gasteiger partial charge in [-0.05, 0) is 25.5 Å². The van der Waals surface area contributed by atoms with Crippen molar-refractivity contribution in [3.8, 4) is 0 Å². The number of furan rings is 1. The number of aryl methyl sites for hydroxylation is 2. The van der Waals surface area contributed by atoms with E-state index in [1.165, 1.54) is 0 Å². The van der Waals surface area contributed by atoms with Gasteiger partial charge in [0.1, 0.15) is 5.76 Å². The Labute approximate surface area is 99.7 Å². The van der Waals surface area contributed by atoms with Gasteiger partial charge in [-0.15, -0.1) is 0 Å². The second-order valence-corrected chi connectivity index (χ2v) is 3.89. The zero-order valence-corrected chi connectivity index (χ0v) is 9.86. The van der Waals surface area contributed by atoms with E-state index in [1.807, 2.05) is 19.1 Å². The quantitative estimate of drug-likeness (QED) is 0.879. The molecule has 2 heterocycles. The maximum Gasteiger partial charge on any atom is 0.255 e. The molecule has 0 bridgehead atoms. The van der Waals surface area contributed by atoms with Crippen molar-refractivity contribution >= 4 is 5.91 Å². The summed E-state index contributed by atoms with van der Waals surface area (Å²) in [7, 11) is 0. The van der Waals surface area contributed by atoms with Crippen LogP contribution in [0, 0.1) is 13.8 Å². The lowest BCUT2D eigenvalue weighted by atomic mass is 10.1. The van der Waals surface area contributed by atoms with Crippen molar-refractivity contribution in [2.75, 3.05) is 0 Å². The molecule has 0 unspecified atom stereocenters. The van der Waals surface area contributed by atoms with Crippen LogP contribution in [0.5, 0.6) is 0 Å². The summed E-state index contributed by atoms with van der Waals surface area (Å²) in [6, 6.07) is 3.76. The first-order chi connectivity index (χ1) is 8.18. The molecule has 4 heteroatoms. The Balaban J connectivity index is 2.04. The van der Waals surface area contributed by atoms with Gasteiger partial charge in [-0.3, -0.25) is 9.78 Å². The summed E-state index contributed by atoms with van der Waals surface area (Å²) in [6.07, 6.45) is 5.03. The van der Waals surface area contributed by atoms with Crippen LogP contribution >= 0.6 is 0 Å². The van der Waals surface area contributed by atoms with Gasteiger partial charge in [0.15, 0.2) is 0 Å². The standard InChI is InChI=1S/C13H14N2O2/c1-9-8-17-10(2)12(9)13(16)15-7-11-4-3-5-14-6-11/h3-6,8H,7H2,1-2H3,(H,15,16). The number of hydrogen-bond acceptors (Lipinski definition) is 3. The van der Waals surface area contributed by atoms with Crippen LogP contribution in [0.3, 0.4) is 0 Å². The van der Waals surface area contributed by atoms with Crippen molar-refractivity contribution in [2.24, 2.45) is 0 Å². The largest absolute Gasteiger partial charge is 0.469 e. The molecule has 17 heavy (non-hydrogen) atoms. The number of hydrogen-bond donors (Lipinski definition) is 1. The number of rotatable bonds is 3. The maximum absolute atomic E-state index is 11.9. The highest BCUT2D eigenvalue weighted by Crippen LogP contribution is 2.15. The summed E-state index contributed by atoms with van der Waals surface area (Å²) in [5.41, 5.74) is 2.44. The van der Waals surface area contributed by atoms with E-state index in [1.54, 1.807) is 25.6 Å². The molecule has 2 aromatic heterocycles. The van der Waals surface area contributed by atoms with Crippen molar-refractivity contribution in [1.29, 1.82) is 0 Å². The van der Waals surface area contributed by atoms with Crippen LogP contribution in [0.15, 0.2) is 35.2 Å². The molecule has 0 saturated carbocycles. The fourth-order valence-electron chi connectivity index (χ4n) is 1.68. The summed E-state index contributed by atoms with van der Waals surface area (Å²) in [6.45, 7) is 4.11. The molecule has 0 aliphatic rings. The lowest BCUT2D eigenvalue weighted by molar-refractivity contribution is 0.0949. The molecule has 0 aromatic carbocycles. The Morgan fingerprint density at radius 3 is 2.88 bits per heavy atom. The molecular weight excluding hydrogens is 216 g/mol. The molecular formula is C13H14N2O2. The third kappa shape index (κ3) is 2.53. The Bertz CT molecular complexity index is 498. The number of pyridine rings is 1. The number of nitrogens with one attached hydrogen (secondary N) is 1. The minimum Gasteiger partial charge on any atom is -0.469 e. The zero-order valence-electron chi connectivity index (χ0n) is 9.86. The molecule has 88 valence electrons. The van der Waals surface area contributed by atoms with Crippen LogP contribution in [0.4, 0.5) is 0 Å². The van der Waals surface area contributed by atoms with Gasteiger partial charge in [0.05, 0.1) is 11.8 Å². The highest BCUT2D eigenvalue weighted by Gasteiger charge is 2.14. The van der Waals surface area contributed by atoms with E-state index in [2.05, 4.69) is 10.3 Å². The molecule has 0 fully saturated rings.